The molecule has 0 aromatic carbocycles. The van der Waals surface area contributed by atoms with Crippen LogP contribution in [-0.4, -0.2) is 26.9 Å². The summed E-state index contributed by atoms with van der Waals surface area (Å²) in [5, 5.41) is 0. The third kappa shape index (κ3) is 4.63. The summed E-state index contributed by atoms with van der Waals surface area (Å²) >= 11 is 0. The largest absolute Gasteiger partial charge is 0.384 e. The van der Waals surface area contributed by atoms with Gasteiger partial charge in [-0.05, 0) is 12.3 Å². The molecule has 0 rings (SSSR count). The number of ether oxygens (including phenoxy) is 2. The molecule has 2 unspecified atom stereocenters. The maximum atomic E-state index is 5.50. The van der Waals surface area contributed by atoms with Gasteiger partial charge in [0.1, 0.15) is 0 Å². The zero-order chi connectivity index (χ0) is 10.3. The summed E-state index contributed by atoms with van der Waals surface area (Å²) in [6, 6.07) is 0. The van der Waals surface area contributed by atoms with Crippen LogP contribution in [0.4, 0.5) is 0 Å². The number of hydrogen-bond acceptors (Lipinski definition) is 2. The molecule has 0 aromatic heterocycles. The van der Waals surface area contributed by atoms with E-state index in [-0.39, 0.29) is 0 Å². The lowest BCUT2D eigenvalue weighted by Gasteiger charge is -2.28. The van der Waals surface area contributed by atoms with E-state index < -0.39 is 0 Å². The smallest absolute Gasteiger partial charge is 0.0644 e. The quantitative estimate of drug-likeness (QED) is 0.611. The van der Waals surface area contributed by atoms with E-state index in [4.69, 9.17) is 9.47 Å². The normalized spacial score (nSPS) is 16.2. The second-order valence-corrected chi connectivity index (χ2v) is 3.95. The van der Waals surface area contributed by atoms with Crippen molar-refractivity contribution >= 4 is 0 Å². The van der Waals surface area contributed by atoms with Crippen molar-refractivity contribution in [3.8, 4) is 0 Å². The molecule has 2 atom stereocenters. The first kappa shape index (κ1) is 12.9. The summed E-state index contributed by atoms with van der Waals surface area (Å²) in [7, 11) is 3.55. The van der Waals surface area contributed by atoms with E-state index in [2.05, 4.69) is 20.8 Å². The van der Waals surface area contributed by atoms with E-state index in [0.29, 0.717) is 17.9 Å². The fraction of sp³-hybridized carbons (Fsp3) is 1.00. The van der Waals surface area contributed by atoms with Crippen molar-refractivity contribution in [1.82, 2.24) is 0 Å². The van der Waals surface area contributed by atoms with Gasteiger partial charge in [-0.3, -0.25) is 0 Å². The van der Waals surface area contributed by atoms with Gasteiger partial charge in [0.25, 0.3) is 0 Å². The summed E-state index contributed by atoms with van der Waals surface area (Å²) in [5.41, 5.74) is 0. The van der Waals surface area contributed by atoms with Crippen LogP contribution in [0.3, 0.4) is 0 Å². The lowest BCUT2D eigenvalue weighted by atomic mass is 9.90. The van der Waals surface area contributed by atoms with E-state index >= 15 is 0 Å². The first-order valence-electron chi connectivity index (χ1n) is 5.19. The highest BCUT2D eigenvalue weighted by Gasteiger charge is 2.23. The summed E-state index contributed by atoms with van der Waals surface area (Å²) in [6.07, 6.45) is 2.71. The maximum absolute atomic E-state index is 5.50. The average Bonchev–Trinajstić information content (AvgIpc) is 2.05. The molecular formula is C11H24O2. The molecule has 2 heteroatoms. The molecule has 0 aliphatic heterocycles. The molecule has 0 saturated heterocycles. The average molecular weight is 188 g/mol. The molecule has 0 aromatic rings. The molecule has 0 aliphatic carbocycles. The van der Waals surface area contributed by atoms with Gasteiger partial charge in [0.05, 0.1) is 12.7 Å². The lowest BCUT2D eigenvalue weighted by molar-refractivity contribution is -0.0161. The molecule has 0 bridgehead atoms. The van der Waals surface area contributed by atoms with Crippen LogP contribution in [0.15, 0.2) is 0 Å². The summed E-state index contributed by atoms with van der Waals surface area (Å²) in [6.45, 7) is 7.42. The van der Waals surface area contributed by atoms with Crippen molar-refractivity contribution in [2.24, 2.45) is 11.8 Å². The fourth-order valence-corrected chi connectivity index (χ4v) is 1.94. The zero-order valence-electron chi connectivity index (χ0n) is 9.67. The van der Waals surface area contributed by atoms with Gasteiger partial charge in [-0.25, -0.2) is 0 Å². The topological polar surface area (TPSA) is 18.5 Å². The minimum atomic E-state index is 0.333. The predicted molar refractivity (Wildman–Crippen MR) is 55.9 cm³/mol. The summed E-state index contributed by atoms with van der Waals surface area (Å²) < 4.78 is 10.7. The van der Waals surface area contributed by atoms with E-state index in [9.17, 15) is 0 Å². The van der Waals surface area contributed by atoms with Crippen LogP contribution in [0.1, 0.15) is 33.6 Å². The van der Waals surface area contributed by atoms with E-state index in [0.717, 1.165) is 6.61 Å². The highest BCUT2D eigenvalue weighted by atomic mass is 16.5. The molecule has 0 N–H and O–H groups in total. The van der Waals surface area contributed by atoms with E-state index in [1.165, 1.54) is 12.8 Å². The summed E-state index contributed by atoms with van der Waals surface area (Å²) in [4.78, 5) is 0. The van der Waals surface area contributed by atoms with E-state index in [1.54, 1.807) is 14.2 Å². The molecule has 0 saturated carbocycles. The van der Waals surface area contributed by atoms with Crippen molar-refractivity contribution in [2.45, 2.75) is 39.7 Å². The highest BCUT2D eigenvalue weighted by Crippen LogP contribution is 2.21. The van der Waals surface area contributed by atoms with Gasteiger partial charge < -0.3 is 9.47 Å². The molecular weight excluding hydrogens is 164 g/mol. The Balaban J connectivity index is 4.11. The van der Waals surface area contributed by atoms with Crippen LogP contribution >= 0.6 is 0 Å². The Morgan fingerprint density at radius 2 is 1.77 bits per heavy atom. The first-order chi connectivity index (χ1) is 6.17. The van der Waals surface area contributed by atoms with Crippen LogP contribution in [0.25, 0.3) is 0 Å². The first-order valence-corrected chi connectivity index (χ1v) is 5.19. The molecule has 0 spiro atoms. The molecule has 0 amide bonds. The Bertz CT molecular complexity index is 107. The molecule has 0 fully saturated rings. The zero-order valence-corrected chi connectivity index (χ0v) is 9.67. The SMILES string of the molecule is CCCC(COC)C(OC)C(C)C. The molecule has 0 aliphatic rings. The third-order valence-corrected chi connectivity index (χ3v) is 2.43. The predicted octanol–water partition coefficient (Wildman–Crippen LogP) is 2.72. The molecule has 2 nitrogen and oxygen atoms in total. The number of hydrogen-bond donors (Lipinski definition) is 0. The number of rotatable bonds is 7. The van der Waals surface area contributed by atoms with Gasteiger partial charge in [-0.1, -0.05) is 27.2 Å². The van der Waals surface area contributed by atoms with Gasteiger partial charge >= 0.3 is 0 Å². The standard InChI is InChI=1S/C11H24O2/c1-6-7-10(8-12-4)11(13-5)9(2)3/h9-11H,6-8H2,1-5H3. The second-order valence-electron chi connectivity index (χ2n) is 3.95. The Labute approximate surface area is 82.6 Å². The van der Waals surface area contributed by atoms with Crippen LogP contribution in [0.5, 0.6) is 0 Å². The Morgan fingerprint density at radius 1 is 1.15 bits per heavy atom. The second kappa shape index (κ2) is 7.34. The van der Waals surface area contributed by atoms with Crippen molar-refractivity contribution in [3.05, 3.63) is 0 Å². The van der Waals surface area contributed by atoms with Gasteiger partial charge in [0.2, 0.25) is 0 Å². The Hall–Kier alpha value is -0.0800. The molecule has 0 radical (unpaired) electrons. The maximum Gasteiger partial charge on any atom is 0.0644 e. The fourth-order valence-electron chi connectivity index (χ4n) is 1.94. The molecule has 80 valence electrons. The van der Waals surface area contributed by atoms with Crippen molar-refractivity contribution in [1.29, 1.82) is 0 Å². The lowest BCUT2D eigenvalue weighted by Crippen LogP contribution is -2.31. The van der Waals surface area contributed by atoms with Gasteiger partial charge in [-0.15, -0.1) is 0 Å². The minimum absolute atomic E-state index is 0.333. The Kier molecular flexibility index (Phi) is 7.29. The van der Waals surface area contributed by atoms with Crippen molar-refractivity contribution < 1.29 is 9.47 Å². The van der Waals surface area contributed by atoms with Crippen LogP contribution in [0.2, 0.25) is 0 Å². The van der Waals surface area contributed by atoms with Crippen molar-refractivity contribution in [3.63, 3.8) is 0 Å². The minimum Gasteiger partial charge on any atom is -0.384 e. The van der Waals surface area contributed by atoms with Gasteiger partial charge in [0, 0.05) is 20.1 Å². The van der Waals surface area contributed by atoms with E-state index in [1.807, 2.05) is 0 Å². The third-order valence-electron chi connectivity index (χ3n) is 2.43. The van der Waals surface area contributed by atoms with Crippen molar-refractivity contribution in [2.75, 3.05) is 20.8 Å². The van der Waals surface area contributed by atoms with Crippen LogP contribution in [0, 0.1) is 11.8 Å². The number of methoxy groups -OCH3 is 2. The van der Waals surface area contributed by atoms with Crippen LogP contribution < -0.4 is 0 Å². The highest BCUT2D eigenvalue weighted by molar-refractivity contribution is 4.72. The molecule has 0 heterocycles. The van der Waals surface area contributed by atoms with Gasteiger partial charge in [0.15, 0.2) is 0 Å². The van der Waals surface area contributed by atoms with Gasteiger partial charge in [-0.2, -0.15) is 0 Å². The summed E-state index contributed by atoms with van der Waals surface area (Å²) in [5.74, 6) is 1.11. The monoisotopic (exact) mass is 188 g/mol. The molecule has 13 heavy (non-hydrogen) atoms. The Morgan fingerprint density at radius 3 is 2.08 bits per heavy atom. The van der Waals surface area contributed by atoms with Crippen LogP contribution in [-0.2, 0) is 9.47 Å².